The summed E-state index contributed by atoms with van der Waals surface area (Å²) >= 11 is 0. The van der Waals surface area contributed by atoms with E-state index >= 15 is 0 Å². The molecule has 0 radical (unpaired) electrons. The van der Waals surface area contributed by atoms with Crippen LogP contribution in [0, 0.1) is 0 Å². The molecule has 0 fully saturated rings. The van der Waals surface area contributed by atoms with Crippen LogP contribution in [0.3, 0.4) is 0 Å². The van der Waals surface area contributed by atoms with E-state index in [-0.39, 0.29) is 5.82 Å². The second-order valence-corrected chi connectivity index (χ2v) is 3.57. The predicted octanol–water partition coefficient (Wildman–Crippen LogP) is 1.37. The van der Waals surface area contributed by atoms with Gasteiger partial charge < -0.3 is 10.3 Å². The molecule has 1 aromatic rings. The van der Waals surface area contributed by atoms with Gasteiger partial charge in [0.1, 0.15) is 0 Å². The molecule has 0 spiro atoms. The molecule has 1 atom stereocenters. The second-order valence-electron chi connectivity index (χ2n) is 3.57. The molecule has 90 valence electrons. The van der Waals surface area contributed by atoms with Crippen LogP contribution in [0.1, 0.15) is 24.5 Å². The van der Waals surface area contributed by atoms with Crippen LogP contribution in [-0.2, 0) is 6.54 Å². The molecular weight excluding hydrogens is 223 g/mol. The molecule has 1 rings (SSSR count). The Morgan fingerprint density at radius 2 is 2.12 bits per heavy atom. The van der Waals surface area contributed by atoms with Gasteiger partial charge >= 0.3 is 6.18 Å². The SMILES string of the molecule is CCn1ccnc1C(=O)C(C)(N)C(F)(F)F. The third-order valence-corrected chi connectivity index (χ3v) is 2.32. The first-order valence-corrected chi connectivity index (χ1v) is 4.63. The lowest BCUT2D eigenvalue weighted by Crippen LogP contribution is -2.57. The van der Waals surface area contributed by atoms with Crippen LogP contribution >= 0.6 is 0 Å². The van der Waals surface area contributed by atoms with Gasteiger partial charge in [0.15, 0.2) is 11.4 Å². The average Bonchev–Trinajstić information content (AvgIpc) is 2.62. The number of hydrogen-bond donors (Lipinski definition) is 1. The van der Waals surface area contributed by atoms with E-state index in [4.69, 9.17) is 5.73 Å². The highest BCUT2D eigenvalue weighted by Crippen LogP contribution is 2.30. The van der Waals surface area contributed by atoms with Gasteiger partial charge in [-0.3, -0.25) is 4.79 Å². The van der Waals surface area contributed by atoms with Crippen molar-refractivity contribution in [2.45, 2.75) is 32.1 Å². The fourth-order valence-electron chi connectivity index (χ4n) is 1.13. The number of nitrogens with two attached hydrogens (primary N) is 1. The number of imidazole rings is 1. The van der Waals surface area contributed by atoms with Crippen LogP contribution in [0.25, 0.3) is 0 Å². The van der Waals surface area contributed by atoms with Crippen molar-refractivity contribution in [3.05, 3.63) is 18.2 Å². The lowest BCUT2D eigenvalue weighted by molar-refractivity contribution is -0.166. The smallest absolute Gasteiger partial charge is 0.329 e. The minimum atomic E-state index is -4.80. The summed E-state index contributed by atoms with van der Waals surface area (Å²) in [6, 6.07) is 0. The lowest BCUT2D eigenvalue weighted by atomic mass is 9.96. The van der Waals surface area contributed by atoms with Gasteiger partial charge in [0.2, 0.25) is 5.78 Å². The van der Waals surface area contributed by atoms with Crippen LogP contribution < -0.4 is 5.73 Å². The fourth-order valence-corrected chi connectivity index (χ4v) is 1.13. The van der Waals surface area contributed by atoms with Crippen LogP contribution in [0.2, 0.25) is 0 Å². The van der Waals surface area contributed by atoms with Gasteiger partial charge in [0, 0.05) is 18.9 Å². The third-order valence-electron chi connectivity index (χ3n) is 2.32. The normalized spacial score (nSPS) is 15.9. The molecule has 0 saturated carbocycles. The first-order chi connectivity index (χ1) is 7.21. The molecule has 2 N–H and O–H groups in total. The molecule has 0 aliphatic rings. The highest BCUT2D eigenvalue weighted by atomic mass is 19.4. The Morgan fingerprint density at radius 3 is 2.56 bits per heavy atom. The molecular formula is C9H12F3N3O. The van der Waals surface area contributed by atoms with Crippen molar-refractivity contribution in [2.75, 3.05) is 0 Å². The molecule has 0 bridgehead atoms. The first kappa shape index (κ1) is 12.7. The highest BCUT2D eigenvalue weighted by molar-refractivity contribution is 6.00. The molecule has 1 aromatic heterocycles. The maximum absolute atomic E-state index is 12.5. The molecule has 4 nitrogen and oxygen atoms in total. The van der Waals surface area contributed by atoms with E-state index in [9.17, 15) is 18.0 Å². The number of alkyl halides is 3. The zero-order valence-electron chi connectivity index (χ0n) is 8.88. The molecule has 7 heteroatoms. The largest absolute Gasteiger partial charge is 0.413 e. The van der Waals surface area contributed by atoms with E-state index in [1.807, 2.05) is 0 Å². The number of rotatable bonds is 3. The van der Waals surface area contributed by atoms with E-state index in [1.54, 1.807) is 6.92 Å². The summed E-state index contributed by atoms with van der Waals surface area (Å²) in [6.45, 7) is 2.69. The number of aryl methyl sites for hydroxylation is 1. The number of hydrogen-bond acceptors (Lipinski definition) is 3. The summed E-state index contributed by atoms with van der Waals surface area (Å²) < 4.78 is 38.9. The van der Waals surface area contributed by atoms with Crippen molar-refractivity contribution in [3.8, 4) is 0 Å². The van der Waals surface area contributed by atoms with Crippen molar-refractivity contribution in [3.63, 3.8) is 0 Å². The summed E-state index contributed by atoms with van der Waals surface area (Å²) in [4.78, 5) is 15.2. The topological polar surface area (TPSA) is 60.9 Å². The van der Waals surface area contributed by atoms with Crippen molar-refractivity contribution in [1.82, 2.24) is 9.55 Å². The minimum Gasteiger partial charge on any atom is -0.329 e. The third kappa shape index (κ3) is 1.95. The van der Waals surface area contributed by atoms with Gasteiger partial charge in [-0.2, -0.15) is 13.2 Å². The Kier molecular flexibility index (Phi) is 3.09. The van der Waals surface area contributed by atoms with Crippen molar-refractivity contribution < 1.29 is 18.0 Å². The van der Waals surface area contributed by atoms with Gasteiger partial charge in [-0.15, -0.1) is 0 Å². The van der Waals surface area contributed by atoms with Crippen LogP contribution in [0.15, 0.2) is 12.4 Å². The van der Waals surface area contributed by atoms with E-state index < -0.39 is 17.5 Å². The molecule has 16 heavy (non-hydrogen) atoms. The van der Waals surface area contributed by atoms with Crippen molar-refractivity contribution in [1.29, 1.82) is 0 Å². The van der Waals surface area contributed by atoms with Crippen LogP contribution in [0.4, 0.5) is 13.2 Å². The van der Waals surface area contributed by atoms with E-state index in [0.29, 0.717) is 13.5 Å². The summed E-state index contributed by atoms with van der Waals surface area (Å²) in [5, 5.41) is 0. The van der Waals surface area contributed by atoms with Gasteiger partial charge in [-0.1, -0.05) is 0 Å². The standard InChI is InChI=1S/C9H12F3N3O/c1-3-15-5-4-14-7(15)6(16)8(2,13)9(10,11)12/h4-5H,3,13H2,1-2H3. The highest BCUT2D eigenvalue weighted by Gasteiger charge is 2.54. The number of carbonyl (C=O) groups excluding carboxylic acids is 1. The maximum atomic E-state index is 12.5. The number of nitrogens with zero attached hydrogens (tertiary/aromatic N) is 2. The maximum Gasteiger partial charge on any atom is 0.413 e. The predicted molar refractivity (Wildman–Crippen MR) is 50.9 cm³/mol. The zero-order chi connectivity index (χ0) is 12.6. The lowest BCUT2D eigenvalue weighted by Gasteiger charge is -2.25. The molecule has 0 aliphatic carbocycles. The molecule has 0 saturated heterocycles. The number of halogens is 3. The Bertz CT molecular complexity index is 395. The average molecular weight is 235 g/mol. The van der Waals surface area contributed by atoms with Gasteiger partial charge in [0.05, 0.1) is 0 Å². The summed E-state index contributed by atoms with van der Waals surface area (Å²) in [5.74, 6) is -1.50. The van der Waals surface area contributed by atoms with Gasteiger partial charge in [0.25, 0.3) is 0 Å². The van der Waals surface area contributed by atoms with Crippen LogP contribution in [-0.4, -0.2) is 27.0 Å². The number of aromatic nitrogens is 2. The van der Waals surface area contributed by atoms with Crippen molar-refractivity contribution >= 4 is 5.78 Å². The Balaban J connectivity index is 3.12. The molecule has 0 aromatic carbocycles. The number of ketones is 1. The molecule has 0 aliphatic heterocycles. The van der Waals surface area contributed by atoms with Crippen LogP contribution in [0.5, 0.6) is 0 Å². The molecule has 1 heterocycles. The number of carbonyl (C=O) groups is 1. The monoisotopic (exact) mass is 235 g/mol. The Morgan fingerprint density at radius 1 is 1.56 bits per heavy atom. The zero-order valence-corrected chi connectivity index (χ0v) is 8.88. The minimum absolute atomic E-state index is 0.273. The van der Waals surface area contributed by atoms with E-state index in [1.165, 1.54) is 17.0 Å². The van der Waals surface area contributed by atoms with Crippen molar-refractivity contribution in [2.24, 2.45) is 5.73 Å². The summed E-state index contributed by atoms with van der Waals surface area (Å²) in [7, 11) is 0. The number of Topliss-reactive ketones (excluding diaryl/α,β-unsaturated/α-hetero) is 1. The summed E-state index contributed by atoms with van der Waals surface area (Å²) in [6.07, 6.45) is -2.10. The first-order valence-electron chi connectivity index (χ1n) is 4.63. The molecule has 0 amide bonds. The summed E-state index contributed by atoms with van der Waals surface area (Å²) in [5.41, 5.74) is 2.11. The Hall–Kier alpha value is -1.37. The quantitative estimate of drug-likeness (QED) is 0.805. The van der Waals surface area contributed by atoms with E-state index in [0.717, 1.165) is 0 Å². The second kappa shape index (κ2) is 3.89. The van der Waals surface area contributed by atoms with Gasteiger partial charge in [-0.25, -0.2) is 4.98 Å². The van der Waals surface area contributed by atoms with Gasteiger partial charge in [-0.05, 0) is 13.8 Å². The van der Waals surface area contributed by atoms with E-state index in [2.05, 4.69) is 4.98 Å². The fraction of sp³-hybridized carbons (Fsp3) is 0.556. The molecule has 1 unspecified atom stereocenters. The Labute approximate surface area is 90.3 Å².